The van der Waals surface area contributed by atoms with E-state index in [1.54, 1.807) is 40.9 Å². The van der Waals surface area contributed by atoms with Crippen molar-refractivity contribution in [3.8, 4) is 11.3 Å². The molecule has 0 saturated heterocycles. The average molecular weight is 386 g/mol. The van der Waals surface area contributed by atoms with Crippen molar-refractivity contribution in [2.24, 2.45) is 0 Å². The van der Waals surface area contributed by atoms with Crippen molar-refractivity contribution in [3.63, 3.8) is 0 Å². The van der Waals surface area contributed by atoms with E-state index in [0.29, 0.717) is 17.5 Å². The second-order valence-electron chi connectivity index (χ2n) is 5.71. The minimum absolute atomic E-state index is 0.283. The summed E-state index contributed by atoms with van der Waals surface area (Å²) in [6.45, 7) is 0. The molecule has 27 heavy (non-hydrogen) atoms. The van der Waals surface area contributed by atoms with E-state index in [9.17, 15) is 17.2 Å². The van der Waals surface area contributed by atoms with Gasteiger partial charge in [-0.25, -0.2) is 27.2 Å². The molecule has 0 bridgehead atoms. The number of hydrogen-bond acceptors (Lipinski definition) is 4. The summed E-state index contributed by atoms with van der Waals surface area (Å²) >= 11 is 0. The van der Waals surface area contributed by atoms with E-state index in [4.69, 9.17) is 0 Å². The molecule has 4 aromatic rings. The maximum absolute atomic E-state index is 13.3. The molecule has 0 unspecified atom stereocenters. The summed E-state index contributed by atoms with van der Waals surface area (Å²) in [4.78, 5) is 8.17. The molecule has 0 atom stereocenters. The van der Waals surface area contributed by atoms with Gasteiger partial charge in [0.25, 0.3) is 10.0 Å². The first-order chi connectivity index (χ1) is 12.9. The molecule has 0 aliphatic carbocycles. The number of benzene rings is 2. The number of halogens is 2. The molecule has 2 aromatic carbocycles. The molecule has 6 nitrogen and oxygen atoms in total. The lowest BCUT2D eigenvalue weighted by atomic mass is 10.1. The lowest BCUT2D eigenvalue weighted by Gasteiger charge is -2.09. The standard InChI is InChI=1S/C18H12F2N4O2S/c19-15-7-6-14(10-16(15)20)27(25,26)23-13-4-2-12(3-5-13)17-11-24-9-1-8-21-18(24)22-17/h1-11,23H. The molecule has 0 radical (unpaired) electrons. The third-order valence-electron chi connectivity index (χ3n) is 3.87. The first-order valence-corrected chi connectivity index (χ1v) is 9.29. The van der Waals surface area contributed by atoms with E-state index < -0.39 is 21.7 Å². The fourth-order valence-electron chi connectivity index (χ4n) is 2.54. The Bertz CT molecular complexity index is 1200. The van der Waals surface area contributed by atoms with Gasteiger partial charge in [-0.15, -0.1) is 0 Å². The summed E-state index contributed by atoms with van der Waals surface area (Å²) in [6.07, 6.45) is 5.27. The smallest absolute Gasteiger partial charge is 0.261 e. The number of hydrogen-bond donors (Lipinski definition) is 1. The Morgan fingerprint density at radius 3 is 2.48 bits per heavy atom. The zero-order valence-electron chi connectivity index (χ0n) is 13.7. The maximum Gasteiger partial charge on any atom is 0.261 e. The van der Waals surface area contributed by atoms with Crippen LogP contribution >= 0.6 is 0 Å². The van der Waals surface area contributed by atoms with Crippen LogP contribution in [-0.2, 0) is 10.0 Å². The van der Waals surface area contributed by atoms with Gasteiger partial charge in [-0.3, -0.25) is 9.12 Å². The average Bonchev–Trinajstić information content (AvgIpc) is 3.08. The second-order valence-corrected chi connectivity index (χ2v) is 7.39. The Balaban J connectivity index is 1.59. The topological polar surface area (TPSA) is 76.4 Å². The molecule has 2 aromatic heterocycles. The molecule has 9 heteroatoms. The van der Waals surface area contributed by atoms with Crippen molar-refractivity contribution in [2.75, 3.05) is 4.72 Å². The van der Waals surface area contributed by atoms with Gasteiger partial charge in [0, 0.05) is 29.8 Å². The summed E-state index contributed by atoms with van der Waals surface area (Å²) in [7, 11) is -4.04. The van der Waals surface area contributed by atoms with Gasteiger partial charge in [0.15, 0.2) is 11.6 Å². The highest BCUT2D eigenvalue weighted by molar-refractivity contribution is 7.92. The minimum atomic E-state index is -4.04. The van der Waals surface area contributed by atoms with Crippen molar-refractivity contribution in [2.45, 2.75) is 4.90 Å². The van der Waals surface area contributed by atoms with Crippen molar-refractivity contribution in [1.29, 1.82) is 0 Å². The van der Waals surface area contributed by atoms with Gasteiger partial charge in [0.2, 0.25) is 5.78 Å². The predicted octanol–water partition coefficient (Wildman–Crippen LogP) is 3.48. The Labute approximate surface area is 153 Å². The van der Waals surface area contributed by atoms with E-state index in [0.717, 1.165) is 17.7 Å². The highest BCUT2D eigenvalue weighted by atomic mass is 32.2. The molecule has 0 fully saturated rings. The molecule has 2 heterocycles. The van der Waals surface area contributed by atoms with Crippen LogP contribution in [0.1, 0.15) is 0 Å². The fourth-order valence-corrected chi connectivity index (χ4v) is 3.61. The van der Waals surface area contributed by atoms with E-state index >= 15 is 0 Å². The monoisotopic (exact) mass is 386 g/mol. The van der Waals surface area contributed by atoms with Crippen molar-refractivity contribution in [1.82, 2.24) is 14.4 Å². The molecule has 136 valence electrons. The minimum Gasteiger partial charge on any atom is -0.291 e. The van der Waals surface area contributed by atoms with Crippen LogP contribution in [0.5, 0.6) is 0 Å². The van der Waals surface area contributed by atoms with Crippen LogP contribution in [0.25, 0.3) is 17.0 Å². The van der Waals surface area contributed by atoms with Gasteiger partial charge in [-0.1, -0.05) is 12.1 Å². The molecular weight excluding hydrogens is 374 g/mol. The molecule has 0 saturated carbocycles. The lowest BCUT2D eigenvalue weighted by Crippen LogP contribution is -2.13. The summed E-state index contributed by atoms with van der Waals surface area (Å²) in [5.41, 5.74) is 1.74. The third kappa shape index (κ3) is 3.36. The Kier molecular flexibility index (Phi) is 4.08. The largest absolute Gasteiger partial charge is 0.291 e. The normalized spacial score (nSPS) is 11.6. The van der Waals surface area contributed by atoms with Crippen molar-refractivity contribution >= 4 is 21.5 Å². The second kappa shape index (κ2) is 6.44. The lowest BCUT2D eigenvalue weighted by molar-refractivity contribution is 0.504. The molecule has 0 aliphatic rings. The maximum atomic E-state index is 13.3. The Hall–Kier alpha value is -3.33. The number of fused-ring (bicyclic) bond motifs is 1. The Morgan fingerprint density at radius 1 is 1.00 bits per heavy atom. The van der Waals surface area contributed by atoms with Crippen LogP contribution < -0.4 is 4.72 Å². The van der Waals surface area contributed by atoms with E-state index in [-0.39, 0.29) is 10.6 Å². The summed E-state index contributed by atoms with van der Waals surface area (Å²) in [6, 6.07) is 10.7. The number of anilines is 1. The molecule has 4 rings (SSSR count). The van der Waals surface area contributed by atoms with Crippen molar-refractivity contribution < 1.29 is 17.2 Å². The number of imidazole rings is 1. The zero-order chi connectivity index (χ0) is 19.0. The van der Waals surface area contributed by atoms with Gasteiger partial charge >= 0.3 is 0 Å². The fraction of sp³-hybridized carbons (Fsp3) is 0. The number of nitrogens with zero attached hydrogens (tertiary/aromatic N) is 3. The predicted molar refractivity (Wildman–Crippen MR) is 95.6 cm³/mol. The first-order valence-electron chi connectivity index (χ1n) is 7.80. The molecular formula is C18H12F2N4O2S. The summed E-state index contributed by atoms with van der Waals surface area (Å²) in [5.74, 6) is -1.79. The molecule has 0 amide bonds. The zero-order valence-corrected chi connectivity index (χ0v) is 14.5. The molecule has 0 aliphatic heterocycles. The molecule has 0 spiro atoms. The van der Waals surface area contributed by atoms with Gasteiger partial charge < -0.3 is 0 Å². The van der Waals surface area contributed by atoms with Gasteiger partial charge in [-0.2, -0.15) is 0 Å². The number of rotatable bonds is 4. The van der Waals surface area contributed by atoms with Crippen LogP contribution in [0.2, 0.25) is 0 Å². The SMILES string of the molecule is O=S(=O)(Nc1ccc(-c2cn3cccnc3n2)cc1)c1ccc(F)c(F)c1. The molecule has 1 N–H and O–H groups in total. The van der Waals surface area contributed by atoms with Gasteiger partial charge in [0.1, 0.15) is 0 Å². The number of sulfonamides is 1. The number of aromatic nitrogens is 3. The van der Waals surface area contributed by atoms with Crippen LogP contribution in [0.4, 0.5) is 14.5 Å². The Morgan fingerprint density at radius 2 is 1.78 bits per heavy atom. The van der Waals surface area contributed by atoms with E-state index in [2.05, 4.69) is 14.7 Å². The summed E-state index contributed by atoms with van der Waals surface area (Å²) in [5, 5.41) is 0. The van der Waals surface area contributed by atoms with Crippen LogP contribution in [-0.4, -0.2) is 22.8 Å². The quantitative estimate of drug-likeness (QED) is 0.583. The van der Waals surface area contributed by atoms with Crippen molar-refractivity contribution in [3.05, 3.63) is 78.8 Å². The van der Waals surface area contributed by atoms with E-state index in [1.807, 2.05) is 12.4 Å². The van der Waals surface area contributed by atoms with Crippen LogP contribution in [0.15, 0.2) is 72.0 Å². The highest BCUT2D eigenvalue weighted by Gasteiger charge is 2.17. The summed E-state index contributed by atoms with van der Waals surface area (Å²) < 4.78 is 55.0. The highest BCUT2D eigenvalue weighted by Crippen LogP contribution is 2.23. The third-order valence-corrected chi connectivity index (χ3v) is 5.25. The number of nitrogens with one attached hydrogen (secondary N) is 1. The van der Waals surface area contributed by atoms with Crippen LogP contribution in [0.3, 0.4) is 0 Å². The van der Waals surface area contributed by atoms with E-state index in [1.165, 1.54) is 0 Å². The first kappa shape index (κ1) is 17.1. The van der Waals surface area contributed by atoms with Gasteiger partial charge in [-0.05, 0) is 36.4 Å². The van der Waals surface area contributed by atoms with Gasteiger partial charge in [0.05, 0.1) is 10.6 Å². The van der Waals surface area contributed by atoms with Crippen LogP contribution in [0, 0.1) is 11.6 Å².